The highest BCUT2D eigenvalue weighted by molar-refractivity contribution is 5.59. The average Bonchev–Trinajstić information content (AvgIpc) is 2.62. The number of likely N-dealkylation sites (N-methyl/N-ethyl adjacent to an activating group) is 1. The maximum Gasteiger partial charge on any atom is 0.252 e. The van der Waals surface area contributed by atoms with E-state index < -0.39 is 0 Å². The molecule has 1 fully saturated rings. The molecule has 0 aliphatic carbocycles. The van der Waals surface area contributed by atoms with Crippen LogP contribution in [0.1, 0.15) is 32.4 Å². The Morgan fingerprint density at radius 3 is 2.44 bits per heavy atom. The summed E-state index contributed by atoms with van der Waals surface area (Å²) in [5.74, 6) is 0.701. The molecule has 1 aliphatic heterocycles. The zero-order valence-corrected chi connectivity index (χ0v) is 15.2. The fourth-order valence-corrected chi connectivity index (χ4v) is 3.05. The van der Waals surface area contributed by atoms with Gasteiger partial charge in [0.1, 0.15) is 0 Å². The lowest BCUT2D eigenvalue weighted by Crippen LogP contribution is -2.46. The molecule has 0 bridgehead atoms. The number of nitrogens with zero attached hydrogens (tertiary/aromatic N) is 3. The molecule has 0 spiro atoms. The molecule has 1 aromatic heterocycles. The van der Waals surface area contributed by atoms with Crippen molar-refractivity contribution in [3.8, 4) is 0 Å². The van der Waals surface area contributed by atoms with E-state index in [1.165, 1.54) is 5.69 Å². The lowest BCUT2D eigenvalue weighted by molar-refractivity contribution is 0.271. The highest BCUT2D eigenvalue weighted by Crippen LogP contribution is 2.21. The molecule has 6 nitrogen and oxygen atoms in total. The van der Waals surface area contributed by atoms with Crippen LogP contribution in [0.4, 0.5) is 17.3 Å². The van der Waals surface area contributed by atoms with Gasteiger partial charge in [-0.2, -0.15) is 0 Å². The van der Waals surface area contributed by atoms with Crippen molar-refractivity contribution in [1.82, 2.24) is 14.9 Å². The quantitative estimate of drug-likeness (QED) is 0.875. The standard InChI is InChI=1S/C19H27N5O/c1-4-23-9-11-24(12-10-23)16-7-5-15(6-8-16)20-19-21-17(14(2)3)13-18(25)22-19/h5-8,13-14H,4,9-12H2,1-3H3,(H2,20,21,22,25). The molecule has 25 heavy (non-hydrogen) atoms. The molecule has 2 heterocycles. The summed E-state index contributed by atoms with van der Waals surface area (Å²) in [6.45, 7) is 11.7. The lowest BCUT2D eigenvalue weighted by Gasteiger charge is -2.35. The van der Waals surface area contributed by atoms with Gasteiger partial charge in [0, 0.05) is 43.6 Å². The molecule has 3 rings (SSSR count). The summed E-state index contributed by atoms with van der Waals surface area (Å²) in [7, 11) is 0. The number of benzene rings is 1. The van der Waals surface area contributed by atoms with E-state index in [0.717, 1.165) is 44.1 Å². The van der Waals surface area contributed by atoms with Gasteiger partial charge in [-0.15, -0.1) is 0 Å². The molecule has 1 saturated heterocycles. The Morgan fingerprint density at radius 1 is 1.16 bits per heavy atom. The Kier molecular flexibility index (Phi) is 5.38. The Bertz CT molecular complexity index is 745. The van der Waals surface area contributed by atoms with Crippen LogP contribution in [0.2, 0.25) is 0 Å². The molecular weight excluding hydrogens is 314 g/mol. The number of aromatic nitrogens is 2. The minimum Gasteiger partial charge on any atom is -0.369 e. The summed E-state index contributed by atoms with van der Waals surface area (Å²) in [6, 6.07) is 9.85. The Morgan fingerprint density at radius 2 is 1.84 bits per heavy atom. The van der Waals surface area contributed by atoms with Gasteiger partial charge in [0.05, 0.1) is 5.69 Å². The predicted octanol–water partition coefficient (Wildman–Crippen LogP) is 2.78. The largest absolute Gasteiger partial charge is 0.369 e. The number of aromatic amines is 1. The van der Waals surface area contributed by atoms with Crippen LogP contribution in [-0.4, -0.2) is 47.6 Å². The molecule has 0 atom stereocenters. The second-order valence-electron chi connectivity index (χ2n) is 6.77. The van der Waals surface area contributed by atoms with E-state index in [-0.39, 0.29) is 11.5 Å². The minimum atomic E-state index is -0.133. The van der Waals surface area contributed by atoms with Crippen molar-refractivity contribution in [2.24, 2.45) is 0 Å². The van der Waals surface area contributed by atoms with Crippen molar-refractivity contribution < 1.29 is 0 Å². The smallest absolute Gasteiger partial charge is 0.252 e. The Balaban J connectivity index is 1.68. The van der Waals surface area contributed by atoms with E-state index in [1.807, 2.05) is 26.0 Å². The minimum absolute atomic E-state index is 0.133. The van der Waals surface area contributed by atoms with Gasteiger partial charge in [0.15, 0.2) is 0 Å². The number of piperazine rings is 1. The van der Waals surface area contributed by atoms with Crippen molar-refractivity contribution >= 4 is 17.3 Å². The molecule has 6 heteroatoms. The van der Waals surface area contributed by atoms with Crippen molar-refractivity contribution in [3.05, 3.63) is 46.4 Å². The van der Waals surface area contributed by atoms with Crippen LogP contribution >= 0.6 is 0 Å². The summed E-state index contributed by atoms with van der Waals surface area (Å²) >= 11 is 0. The third-order valence-corrected chi connectivity index (χ3v) is 4.67. The zero-order valence-electron chi connectivity index (χ0n) is 15.2. The third kappa shape index (κ3) is 4.39. The van der Waals surface area contributed by atoms with Crippen molar-refractivity contribution in [1.29, 1.82) is 0 Å². The number of hydrogen-bond acceptors (Lipinski definition) is 5. The first-order valence-corrected chi connectivity index (χ1v) is 9.01. The summed E-state index contributed by atoms with van der Waals surface area (Å²) in [4.78, 5) is 23.9. The maximum atomic E-state index is 11.8. The van der Waals surface area contributed by atoms with Gasteiger partial charge < -0.3 is 15.1 Å². The van der Waals surface area contributed by atoms with E-state index in [9.17, 15) is 4.79 Å². The summed E-state index contributed by atoms with van der Waals surface area (Å²) < 4.78 is 0. The van der Waals surface area contributed by atoms with Crippen LogP contribution < -0.4 is 15.8 Å². The lowest BCUT2D eigenvalue weighted by atomic mass is 10.1. The van der Waals surface area contributed by atoms with Crippen molar-refractivity contribution in [3.63, 3.8) is 0 Å². The molecule has 2 aromatic rings. The van der Waals surface area contributed by atoms with Crippen LogP contribution in [0.15, 0.2) is 35.1 Å². The maximum absolute atomic E-state index is 11.8. The zero-order chi connectivity index (χ0) is 17.8. The molecule has 1 aromatic carbocycles. The first-order chi connectivity index (χ1) is 12.0. The molecule has 0 saturated carbocycles. The SMILES string of the molecule is CCN1CCN(c2ccc(Nc3nc(C(C)C)cc(=O)[nH]3)cc2)CC1. The van der Waals surface area contributed by atoms with E-state index in [2.05, 4.69) is 44.1 Å². The number of rotatable bonds is 5. The number of nitrogens with one attached hydrogen (secondary N) is 2. The second-order valence-corrected chi connectivity index (χ2v) is 6.77. The molecule has 1 aliphatic rings. The fraction of sp³-hybridized carbons (Fsp3) is 0.474. The molecule has 0 unspecified atom stereocenters. The van der Waals surface area contributed by atoms with E-state index in [1.54, 1.807) is 6.07 Å². The molecular formula is C19H27N5O. The monoisotopic (exact) mass is 341 g/mol. The van der Waals surface area contributed by atoms with Gasteiger partial charge in [0.25, 0.3) is 5.56 Å². The van der Waals surface area contributed by atoms with Gasteiger partial charge in [-0.05, 0) is 36.7 Å². The first-order valence-electron chi connectivity index (χ1n) is 9.01. The predicted molar refractivity (Wildman–Crippen MR) is 103 cm³/mol. The van der Waals surface area contributed by atoms with Gasteiger partial charge >= 0.3 is 0 Å². The number of anilines is 3. The number of hydrogen-bond donors (Lipinski definition) is 2. The third-order valence-electron chi connectivity index (χ3n) is 4.67. The van der Waals surface area contributed by atoms with Gasteiger partial charge in [-0.3, -0.25) is 9.78 Å². The van der Waals surface area contributed by atoms with E-state index in [0.29, 0.717) is 5.95 Å². The normalized spacial score (nSPS) is 15.6. The van der Waals surface area contributed by atoms with Crippen LogP contribution in [0, 0.1) is 0 Å². The Hall–Kier alpha value is -2.34. The van der Waals surface area contributed by atoms with Crippen LogP contribution in [0.5, 0.6) is 0 Å². The van der Waals surface area contributed by atoms with Crippen LogP contribution in [-0.2, 0) is 0 Å². The van der Waals surface area contributed by atoms with Gasteiger partial charge in [-0.25, -0.2) is 4.98 Å². The van der Waals surface area contributed by atoms with Crippen molar-refractivity contribution in [2.75, 3.05) is 42.9 Å². The van der Waals surface area contributed by atoms with E-state index >= 15 is 0 Å². The molecule has 134 valence electrons. The fourth-order valence-electron chi connectivity index (χ4n) is 3.05. The average molecular weight is 341 g/mol. The second kappa shape index (κ2) is 7.70. The summed E-state index contributed by atoms with van der Waals surface area (Å²) in [5.41, 5.74) is 2.81. The summed E-state index contributed by atoms with van der Waals surface area (Å²) in [6.07, 6.45) is 0. The highest BCUT2D eigenvalue weighted by atomic mass is 16.1. The highest BCUT2D eigenvalue weighted by Gasteiger charge is 2.15. The summed E-state index contributed by atoms with van der Waals surface area (Å²) in [5, 5.41) is 3.19. The molecule has 0 amide bonds. The van der Waals surface area contributed by atoms with Gasteiger partial charge in [0.2, 0.25) is 5.95 Å². The van der Waals surface area contributed by atoms with E-state index in [4.69, 9.17) is 0 Å². The topological polar surface area (TPSA) is 64.3 Å². The number of H-pyrrole nitrogens is 1. The Labute approximate surface area is 148 Å². The molecule has 0 radical (unpaired) electrons. The van der Waals surface area contributed by atoms with Gasteiger partial charge in [-0.1, -0.05) is 20.8 Å². The molecule has 2 N–H and O–H groups in total. The first kappa shape index (κ1) is 17.5. The van der Waals surface area contributed by atoms with Crippen LogP contribution in [0.25, 0.3) is 0 Å². The van der Waals surface area contributed by atoms with Crippen LogP contribution in [0.3, 0.4) is 0 Å². The van der Waals surface area contributed by atoms with Crippen molar-refractivity contribution in [2.45, 2.75) is 26.7 Å².